The number of halogens is 1. The lowest BCUT2D eigenvalue weighted by Gasteiger charge is -2.20. The first-order valence-corrected chi connectivity index (χ1v) is 19.8. The average molecular weight is 757 g/mol. The maximum absolute atomic E-state index is 14.4. The van der Waals surface area contributed by atoms with E-state index in [9.17, 15) is 9.59 Å². The number of fused-ring (bicyclic) bond motifs is 3. The van der Waals surface area contributed by atoms with E-state index in [2.05, 4.69) is 6.92 Å². The van der Waals surface area contributed by atoms with E-state index in [1.165, 1.54) is 28.0 Å². The number of thioether (sulfide) groups is 1. The molecular formula is C39H37ClN4O4S3. The van der Waals surface area contributed by atoms with E-state index in [-0.39, 0.29) is 17.2 Å². The number of carbonyl (C=O) groups is 1. The van der Waals surface area contributed by atoms with Gasteiger partial charge in [0.05, 0.1) is 37.6 Å². The van der Waals surface area contributed by atoms with E-state index in [1.807, 2.05) is 78.2 Å². The van der Waals surface area contributed by atoms with Gasteiger partial charge < -0.3 is 9.47 Å². The van der Waals surface area contributed by atoms with Gasteiger partial charge in [0.2, 0.25) is 5.91 Å². The standard InChI is InChI=1S/C39H37ClN4O4S3/c1-24-9-15-29-33(19-24)51-36-35(29)37(46)43(18-17-25-10-16-31(47-2)32(20-25)48-3)39(42-36)50-23-34(45)44(21-26-7-5-4-6-8-26)38-41-30(22-49-38)27-11-13-28(40)14-12-27/h4-8,10-14,16,20,22,24H,9,15,17-19,21,23H2,1-3H3. The molecule has 12 heteroatoms. The minimum absolute atomic E-state index is 0.0452. The van der Waals surface area contributed by atoms with Gasteiger partial charge in [0.15, 0.2) is 21.8 Å². The fraction of sp³-hybridized carbons (Fsp3) is 0.282. The van der Waals surface area contributed by atoms with E-state index in [0.717, 1.165) is 57.4 Å². The summed E-state index contributed by atoms with van der Waals surface area (Å²) in [6, 6.07) is 23.2. The van der Waals surface area contributed by atoms with Crippen LogP contribution in [0.4, 0.5) is 5.13 Å². The predicted molar refractivity (Wildman–Crippen MR) is 209 cm³/mol. The summed E-state index contributed by atoms with van der Waals surface area (Å²) in [7, 11) is 3.22. The Labute approximate surface area is 314 Å². The van der Waals surface area contributed by atoms with Crippen LogP contribution in [0.5, 0.6) is 11.5 Å². The van der Waals surface area contributed by atoms with Crippen molar-refractivity contribution in [1.82, 2.24) is 14.5 Å². The zero-order valence-electron chi connectivity index (χ0n) is 28.6. The van der Waals surface area contributed by atoms with Gasteiger partial charge in [-0.25, -0.2) is 9.97 Å². The molecule has 0 saturated heterocycles. The Morgan fingerprint density at radius 3 is 2.57 bits per heavy atom. The fourth-order valence-corrected chi connectivity index (χ4v) is 9.67. The third-order valence-electron chi connectivity index (χ3n) is 9.12. The number of carbonyl (C=O) groups excluding carboxylic acids is 1. The Balaban J connectivity index is 1.20. The minimum Gasteiger partial charge on any atom is -0.493 e. The van der Waals surface area contributed by atoms with E-state index in [1.54, 1.807) is 35.0 Å². The molecule has 3 aromatic heterocycles. The molecule has 262 valence electrons. The molecule has 0 N–H and O–H groups in total. The number of nitrogens with zero attached hydrogens (tertiary/aromatic N) is 4. The maximum Gasteiger partial charge on any atom is 0.263 e. The highest BCUT2D eigenvalue weighted by molar-refractivity contribution is 7.99. The molecular weight excluding hydrogens is 720 g/mol. The van der Waals surface area contributed by atoms with E-state index >= 15 is 0 Å². The van der Waals surface area contributed by atoms with Crippen LogP contribution in [0.25, 0.3) is 21.5 Å². The monoisotopic (exact) mass is 756 g/mol. The first-order valence-electron chi connectivity index (χ1n) is 16.8. The van der Waals surface area contributed by atoms with Gasteiger partial charge in [-0.1, -0.05) is 78.8 Å². The van der Waals surface area contributed by atoms with E-state index in [0.29, 0.717) is 52.2 Å². The number of aryl methyl sites for hydroxylation is 2. The molecule has 0 fully saturated rings. The molecule has 1 unspecified atom stereocenters. The summed E-state index contributed by atoms with van der Waals surface area (Å²) < 4.78 is 12.7. The first kappa shape index (κ1) is 35.3. The summed E-state index contributed by atoms with van der Waals surface area (Å²) in [4.78, 5) is 42.3. The molecule has 0 spiro atoms. The van der Waals surface area contributed by atoms with Crippen molar-refractivity contribution in [1.29, 1.82) is 0 Å². The van der Waals surface area contributed by atoms with Crippen molar-refractivity contribution >= 4 is 67.3 Å². The number of rotatable bonds is 12. The fourth-order valence-electron chi connectivity index (χ4n) is 6.36. The van der Waals surface area contributed by atoms with Crippen LogP contribution in [-0.4, -0.2) is 40.4 Å². The zero-order chi connectivity index (χ0) is 35.5. The summed E-state index contributed by atoms with van der Waals surface area (Å²) in [6.45, 7) is 3.03. The lowest BCUT2D eigenvalue weighted by molar-refractivity contribution is -0.116. The molecule has 3 aromatic carbocycles. The van der Waals surface area contributed by atoms with Crippen molar-refractivity contribution < 1.29 is 14.3 Å². The average Bonchev–Trinajstić information content (AvgIpc) is 3.78. The van der Waals surface area contributed by atoms with Gasteiger partial charge in [-0.15, -0.1) is 22.7 Å². The quantitative estimate of drug-likeness (QED) is 0.0911. The number of hydrogen-bond acceptors (Lipinski definition) is 9. The van der Waals surface area contributed by atoms with Gasteiger partial charge in [0.1, 0.15) is 4.83 Å². The number of ether oxygens (including phenoxy) is 2. The van der Waals surface area contributed by atoms with Crippen LogP contribution in [0, 0.1) is 5.92 Å². The molecule has 0 aliphatic heterocycles. The van der Waals surface area contributed by atoms with Crippen molar-refractivity contribution in [3.8, 4) is 22.8 Å². The largest absolute Gasteiger partial charge is 0.493 e. The number of thiophene rings is 1. The van der Waals surface area contributed by atoms with Gasteiger partial charge in [0, 0.05) is 27.4 Å². The van der Waals surface area contributed by atoms with Gasteiger partial charge in [-0.2, -0.15) is 0 Å². The number of methoxy groups -OCH3 is 2. The maximum atomic E-state index is 14.4. The van der Waals surface area contributed by atoms with Gasteiger partial charge in [0.25, 0.3) is 5.56 Å². The van der Waals surface area contributed by atoms with Crippen molar-refractivity contribution in [3.63, 3.8) is 0 Å². The van der Waals surface area contributed by atoms with Crippen LogP contribution in [0.1, 0.15) is 34.9 Å². The number of thiazole rings is 1. The molecule has 6 aromatic rings. The summed E-state index contributed by atoms with van der Waals surface area (Å²) in [6.07, 6.45) is 3.48. The van der Waals surface area contributed by atoms with Crippen molar-refractivity contribution in [2.45, 2.75) is 50.9 Å². The Morgan fingerprint density at radius 1 is 1.02 bits per heavy atom. The highest BCUT2D eigenvalue weighted by Crippen LogP contribution is 2.37. The number of anilines is 1. The van der Waals surface area contributed by atoms with Crippen LogP contribution < -0.4 is 19.9 Å². The summed E-state index contributed by atoms with van der Waals surface area (Å²) in [5.41, 5.74) is 4.79. The third kappa shape index (κ3) is 7.72. The van der Waals surface area contributed by atoms with E-state index in [4.69, 9.17) is 31.0 Å². The van der Waals surface area contributed by atoms with Gasteiger partial charge in [-0.3, -0.25) is 19.1 Å². The van der Waals surface area contributed by atoms with Crippen LogP contribution in [-0.2, 0) is 37.1 Å². The highest BCUT2D eigenvalue weighted by Gasteiger charge is 2.26. The second-order valence-electron chi connectivity index (χ2n) is 12.6. The molecule has 8 nitrogen and oxygen atoms in total. The minimum atomic E-state index is -0.124. The Kier molecular flexibility index (Phi) is 10.8. The number of aromatic nitrogens is 3. The summed E-state index contributed by atoms with van der Waals surface area (Å²) in [5.74, 6) is 1.82. The smallest absolute Gasteiger partial charge is 0.263 e. The van der Waals surface area contributed by atoms with Crippen LogP contribution in [0.15, 0.2) is 88.1 Å². The molecule has 7 rings (SSSR count). The molecule has 1 aliphatic rings. The van der Waals surface area contributed by atoms with Crippen LogP contribution >= 0.6 is 46.0 Å². The van der Waals surface area contributed by atoms with Gasteiger partial charge in [-0.05, 0) is 72.6 Å². The second-order valence-corrected chi connectivity index (χ2v) is 15.9. The van der Waals surface area contributed by atoms with Crippen LogP contribution in [0.3, 0.4) is 0 Å². The second kappa shape index (κ2) is 15.6. The summed E-state index contributed by atoms with van der Waals surface area (Å²) >= 11 is 10.5. The van der Waals surface area contributed by atoms with E-state index < -0.39 is 0 Å². The normalized spacial score (nSPS) is 14.0. The molecule has 3 heterocycles. The number of amides is 1. The molecule has 0 bridgehead atoms. The Bertz CT molecular complexity index is 2230. The predicted octanol–water partition coefficient (Wildman–Crippen LogP) is 8.95. The molecule has 1 aliphatic carbocycles. The highest BCUT2D eigenvalue weighted by atomic mass is 35.5. The Hall–Kier alpha value is -4.16. The van der Waals surface area contributed by atoms with Crippen LogP contribution in [0.2, 0.25) is 5.02 Å². The number of benzene rings is 3. The molecule has 51 heavy (non-hydrogen) atoms. The van der Waals surface area contributed by atoms with Gasteiger partial charge >= 0.3 is 0 Å². The molecule has 0 saturated carbocycles. The topological polar surface area (TPSA) is 86.5 Å². The van der Waals surface area contributed by atoms with Crippen molar-refractivity contribution in [3.05, 3.63) is 115 Å². The summed E-state index contributed by atoms with van der Waals surface area (Å²) in [5, 5.41) is 4.47. The SMILES string of the molecule is COc1ccc(CCn2c(SCC(=O)N(Cc3ccccc3)c3nc(-c4ccc(Cl)cc4)cs3)nc3sc4c(c3c2=O)CCC(C)C4)cc1OC. The lowest BCUT2D eigenvalue weighted by Crippen LogP contribution is -2.32. The molecule has 1 atom stereocenters. The first-order chi connectivity index (χ1) is 24.8. The third-order valence-corrected chi connectivity index (χ3v) is 12.3. The lowest BCUT2D eigenvalue weighted by atomic mass is 9.89. The van der Waals surface area contributed by atoms with Crippen molar-refractivity contribution in [2.75, 3.05) is 24.9 Å². The number of hydrogen-bond donors (Lipinski definition) is 0. The zero-order valence-corrected chi connectivity index (χ0v) is 31.8. The molecule has 0 radical (unpaired) electrons. The Morgan fingerprint density at radius 2 is 1.80 bits per heavy atom. The molecule has 1 amide bonds. The van der Waals surface area contributed by atoms with Crippen molar-refractivity contribution in [2.24, 2.45) is 5.92 Å².